The lowest BCUT2D eigenvalue weighted by Gasteiger charge is -2.41. The zero-order valence-corrected chi connectivity index (χ0v) is 19.5. The highest BCUT2D eigenvalue weighted by Crippen LogP contribution is 2.44. The quantitative estimate of drug-likeness (QED) is 0.447. The van der Waals surface area contributed by atoms with E-state index >= 15 is 0 Å². The van der Waals surface area contributed by atoms with E-state index in [9.17, 15) is 9.90 Å². The number of benzene rings is 2. The molecule has 2 aromatic rings. The van der Waals surface area contributed by atoms with Gasteiger partial charge in [0, 0.05) is 53.9 Å². The summed E-state index contributed by atoms with van der Waals surface area (Å²) in [6.45, 7) is 3.13. The zero-order chi connectivity index (χ0) is 24.1. The predicted molar refractivity (Wildman–Crippen MR) is 135 cm³/mol. The molecule has 2 fully saturated rings. The van der Waals surface area contributed by atoms with E-state index in [0.29, 0.717) is 18.7 Å². The number of ether oxygens (including phenoxy) is 1. The summed E-state index contributed by atoms with van der Waals surface area (Å²) in [4.78, 5) is 17.9. The second-order valence-corrected chi connectivity index (χ2v) is 8.97. The molecule has 4 rings (SSSR count). The molecule has 1 unspecified atom stereocenters. The van der Waals surface area contributed by atoms with E-state index in [2.05, 4.69) is 10.2 Å². The Kier molecular flexibility index (Phi) is 7.19. The average Bonchev–Trinajstić information content (AvgIpc) is 3.13. The van der Waals surface area contributed by atoms with Gasteiger partial charge in [0.2, 0.25) is 5.91 Å². The van der Waals surface area contributed by atoms with Crippen molar-refractivity contribution in [3.05, 3.63) is 60.3 Å². The molecule has 8 nitrogen and oxygen atoms in total. The van der Waals surface area contributed by atoms with Crippen molar-refractivity contribution in [3.63, 3.8) is 0 Å². The maximum atomic E-state index is 13.8. The monoisotopic (exact) mass is 463 g/mol. The second kappa shape index (κ2) is 10.3. The second-order valence-electron chi connectivity index (χ2n) is 8.97. The number of methoxy groups -OCH3 is 1. The van der Waals surface area contributed by atoms with Crippen molar-refractivity contribution in [2.24, 2.45) is 11.1 Å². The Labute approximate surface area is 200 Å². The van der Waals surface area contributed by atoms with E-state index in [1.165, 1.54) is 12.4 Å². The van der Waals surface area contributed by atoms with Crippen molar-refractivity contribution >= 4 is 29.1 Å². The number of hydrogen-bond donors (Lipinski definition) is 4. The molecular formula is C26H33N5O3. The number of carbonyl (C=O) groups is 1. The normalized spacial score (nSPS) is 20.5. The molecule has 2 saturated heterocycles. The van der Waals surface area contributed by atoms with E-state index in [1.54, 1.807) is 7.11 Å². The van der Waals surface area contributed by atoms with E-state index < -0.39 is 0 Å². The fourth-order valence-corrected chi connectivity index (χ4v) is 5.09. The minimum absolute atomic E-state index is 0.0489. The number of aliphatic hydroxyl groups excluding tert-OH is 1. The number of piperidine rings is 1. The molecule has 2 aliphatic rings. The minimum atomic E-state index is -0.364. The summed E-state index contributed by atoms with van der Waals surface area (Å²) in [6.07, 6.45) is 4.36. The average molecular weight is 464 g/mol. The fraction of sp³-hybridized carbons (Fsp3) is 0.385. The molecule has 2 aromatic carbocycles. The number of nitrogens with two attached hydrogens (primary N) is 1. The summed E-state index contributed by atoms with van der Waals surface area (Å²) in [5.74, 6) is 0.789. The number of amides is 1. The molecule has 1 spiro atoms. The molecule has 2 heterocycles. The number of allylic oxidation sites excluding steroid dienone is 1. The van der Waals surface area contributed by atoms with Crippen LogP contribution in [0.25, 0.3) is 5.57 Å². The highest BCUT2D eigenvalue weighted by molar-refractivity contribution is 6.08. The molecule has 1 atom stereocenters. The molecule has 1 amide bonds. The van der Waals surface area contributed by atoms with Crippen molar-refractivity contribution in [3.8, 4) is 5.75 Å². The lowest BCUT2D eigenvalue weighted by atomic mass is 9.74. The number of nitrogens with zero attached hydrogens (tertiary/aromatic N) is 2. The lowest BCUT2D eigenvalue weighted by Crippen LogP contribution is -2.49. The predicted octanol–water partition coefficient (Wildman–Crippen LogP) is 2.55. The third-order valence-corrected chi connectivity index (χ3v) is 7.09. The standard InChI is InChI=1S/C26H33N5O3/c1-34-23-4-2-3-21(15-23)29-24-25(33)31(18-26(24)9-11-30(12-10-26)13-14-32)22-7-5-19(6-8-22)20(16-27)17-28/h2-8,15-17,24,27,29,32H,9-14,18,28H2,1H3/b20-17+,27-16?. The molecule has 0 aromatic heterocycles. The van der Waals surface area contributed by atoms with E-state index in [1.807, 2.05) is 53.4 Å². The topological polar surface area (TPSA) is 115 Å². The maximum Gasteiger partial charge on any atom is 0.250 e. The molecular weight excluding hydrogens is 430 g/mol. The molecule has 0 saturated carbocycles. The van der Waals surface area contributed by atoms with Crippen LogP contribution in [0.3, 0.4) is 0 Å². The summed E-state index contributed by atoms with van der Waals surface area (Å²) < 4.78 is 5.37. The Bertz CT molecular complexity index is 1040. The molecule has 0 radical (unpaired) electrons. The van der Waals surface area contributed by atoms with E-state index in [0.717, 1.165) is 48.6 Å². The number of nitrogens with one attached hydrogen (secondary N) is 2. The van der Waals surface area contributed by atoms with Crippen LogP contribution in [0.4, 0.5) is 11.4 Å². The minimum Gasteiger partial charge on any atom is -0.497 e. The first-order valence-electron chi connectivity index (χ1n) is 11.6. The number of anilines is 2. The molecule has 34 heavy (non-hydrogen) atoms. The molecule has 0 bridgehead atoms. The van der Waals surface area contributed by atoms with Gasteiger partial charge in [0.1, 0.15) is 11.8 Å². The van der Waals surface area contributed by atoms with Crippen LogP contribution >= 0.6 is 0 Å². The van der Waals surface area contributed by atoms with Crippen molar-refractivity contribution < 1.29 is 14.6 Å². The molecule has 0 aliphatic carbocycles. The number of aliphatic hydroxyl groups is 1. The van der Waals surface area contributed by atoms with Crippen LogP contribution in [-0.4, -0.2) is 68.1 Å². The van der Waals surface area contributed by atoms with Crippen LogP contribution in [0.1, 0.15) is 18.4 Å². The van der Waals surface area contributed by atoms with E-state index in [4.69, 9.17) is 15.9 Å². The van der Waals surface area contributed by atoms with Gasteiger partial charge >= 0.3 is 0 Å². The summed E-state index contributed by atoms with van der Waals surface area (Å²) in [5.41, 5.74) is 8.56. The third-order valence-electron chi connectivity index (χ3n) is 7.09. The summed E-state index contributed by atoms with van der Waals surface area (Å²) in [6, 6.07) is 14.9. The summed E-state index contributed by atoms with van der Waals surface area (Å²) in [7, 11) is 1.63. The van der Waals surface area contributed by atoms with Gasteiger partial charge < -0.3 is 36.1 Å². The lowest BCUT2D eigenvalue weighted by molar-refractivity contribution is -0.119. The van der Waals surface area contributed by atoms with Crippen LogP contribution in [-0.2, 0) is 4.79 Å². The Morgan fingerprint density at radius 3 is 2.62 bits per heavy atom. The Hall–Kier alpha value is -3.36. The molecule has 2 aliphatic heterocycles. The van der Waals surface area contributed by atoms with Crippen molar-refractivity contribution in [1.29, 1.82) is 5.41 Å². The molecule has 8 heteroatoms. The maximum absolute atomic E-state index is 13.8. The van der Waals surface area contributed by atoms with Gasteiger partial charge in [-0.3, -0.25) is 4.79 Å². The highest BCUT2D eigenvalue weighted by Gasteiger charge is 2.53. The van der Waals surface area contributed by atoms with Gasteiger partial charge in [-0.15, -0.1) is 0 Å². The van der Waals surface area contributed by atoms with Gasteiger partial charge in [-0.05, 0) is 55.8 Å². The SMILES string of the molecule is COc1cccc(NC2C(=O)N(c3ccc(/C(C=N)=C/N)cc3)CC23CCN(CCO)CC3)c1. The van der Waals surface area contributed by atoms with Crippen molar-refractivity contribution in [2.75, 3.05) is 50.1 Å². The van der Waals surface area contributed by atoms with Crippen LogP contribution in [0.2, 0.25) is 0 Å². The van der Waals surface area contributed by atoms with Crippen LogP contribution in [0, 0.1) is 10.8 Å². The van der Waals surface area contributed by atoms with Gasteiger partial charge in [-0.1, -0.05) is 18.2 Å². The first-order valence-corrected chi connectivity index (χ1v) is 11.6. The fourth-order valence-electron chi connectivity index (χ4n) is 5.09. The van der Waals surface area contributed by atoms with Crippen molar-refractivity contribution in [2.45, 2.75) is 18.9 Å². The Morgan fingerprint density at radius 2 is 2.00 bits per heavy atom. The molecule has 5 N–H and O–H groups in total. The zero-order valence-electron chi connectivity index (χ0n) is 19.5. The Balaban J connectivity index is 1.62. The summed E-state index contributed by atoms with van der Waals surface area (Å²) in [5, 5.41) is 20.4. The first-order chi connectivity index (χ1) is 16.5. The van der Waals surface area contributed by atoms with Gasteiger partial charge in [0.25, 0.3) is 0 Å². The van der Waals surface area contributed by atoms with Crippen LogP contribution in [0.15, 0.2) is 54.7 Å². The van der Waals surface area contributed by atoms with Gasteiger partial charge in [-0.2, -0.15) is 0 Å². The Morgan fingerprint density at radius 1 is 1.26 bits per heavy atom. The number of hydrogen-bond acceptors (Lipinski definition) is 7. The molecule has 180 valence electrons. The number of rotatable bonds is 8. The smallest absolute Gasteiger partial charge is 0.250 e. The van der Waals surface area contributed by atoms with Crippen LogP contribution < -0.4 is 20.7 Å². The van der Waals surface area contributed by atoms with Gasteiger partial charge in [0.05, 0.1) is 13.7 Å². The highest BCUT2D eigenvalue weighted by atomic mass is 16.5. The number of likely N-dealkylation sites (tertiary alicyclic amines) is 1. The number of β-amino-alcohol motifs (C(OH)–C–C–N with tert-alkyl or cyclic N) is 1. The summed E-state index contributed by atoms with van der Waals surface area (Å²) >= 11 is 0. The van der Waals surface area contributed by atoms with E-state index in [-0.39, 0.29) is 24.0 Å². The first kappa shape index (κ1) is 23.8. The van der Waals surface area contributed by atoms with Gasteiger partial charge in [0.15, 0.2) is 0 Å². The number of carbonyl (C=O) groups excluding carboxylic acids is 1. The third kappa shape index (κ3) is 4.64. The van der Waals surface area contributed by atoms with Gasteiger partial charge in [-0.25, -0.2) is 0 Å². The largest absolute Gasteiger partial charge is 0.497 e. The van der Waals surface area contributed by atoms with Crippen LogP contribution in [0.5, 0.6) is 5.75 Å². The van der Waals surface area contributed by atoms with Crippen molar-refractivity contribution in [1.82, 2.24) is 4.90 Å².